The molecule has 0 rings (SSSR count). The third-order valence-corrected chi connectivity index (χ3v) is 0. The second-order valence-electron chi connectivity index (χ2n) is 0.224. The topological polar surface area (TPSA) is 66.2 Å². The van der Waals surface area contributed by atoms with Crippen LogP contribution in [0.5, 0.6) is 0 Å². The Morgan fingerprint density at radius 2 is 1.33 bits per heavy atom. The van der Waals surface area contributed by atoms with E-state index in [0.717, 1.165) is 0 Å². The molecule has 0 saturated heterocycles. The zero-order chi connectivity index (χ0) is 3.58. The van der Waals surface area contributed by atoms with Gasteiger partial charge in [0.1, 0.15) is 0 Å². The summed E-state index contributed by atoms with van der Waals surface area (Å²) in [6, 6.07) is 0. The van der Waals surface area contributed by atoms with Crippen LogP contribution in [0.15, 0.2) is 0 Å². The monoisotopic (exact) mass is 309 g/mol. The van der Waals surface area contributed by atoms with Crippen LogP contribution in [-0.4, -0.2) is 5.09 Å². The molecule has 0 aliphatic carbocycles. The first kappa shape index (κ1) is 15.7. The number of hydrogen-bond acceptors (Lipinski definition) is 3. The van der Waals surface area contributed by atoms with Crippen LogP contribution in [0.3, 0.4) is 0 Å². The number of rotatable bonds is 0. The molecule has 6 heavy (non-hydrogen) atoms. The third kappa shape index (κ3) is 57.1. The Kier molecular flexibility index (Phi) is 25.0. The number of hydrogen-bond donors (Lipinski definition) is 0. The molecule has 6 heteroatoms. The van der Waals surface area contributed by atoms with Gasteiger partial charge in [0.15, 0.2) is 0 Å². The van der Waals surface area contributed by atoms with Crippen molar-refractivity contribution in [1.82, 2.24) is 0 Å². The molecule has 0 aromatic rings. The zero-order valence-electron chi connectivity index (χ0n) is 2.47. The molecule has 0 spiro atoms. The van der Waals surface area contributed by atoms with Gasteiger partial charge in [0.05, 0.1) is 5.09 Å². The molecule has 0 amide bonds. The van der Waals surface area contributed by atoms with E-state index < -0.39 is 5.09 Å². The molecule has 38 valence electrons. The van der Waals surface area contributed by atoms with Crippen molar-refractivity contribution in [3.63, 3.8) is 0 Å². The van der Waals surface area contributed by atoms with E-state index in [4.69, 9.17) is 15.3 Å². The maximum Gasteiger partial charge on any atom is 1.00 e. The molecule has 0 saturated carbocycles. The first-order chi connectivity index (χ1) is 1.73. The minimum atomic E-state index is -1.75. The Hall–Kier alpha value is 1.32. The molecule has 0 unspecified atom stereocenters. The van der Waals surface area contributed by atoms with Gasteiger partial charge < -0.3 is 15.3 Å². The number of nitrogens with zero attached hydrogens (tertiary/aromatic N) is 1. The molecule has 0 aliphatic heterocycles. The Morgan fingerprint density at radius 1 is 1.33 bits per heavy atom. The van der Waals surface area contributed by atoms with Crippen LogP contribution in [0.1, 0.15) is 0 Å². The van der Waals surface area contributed by atoms with E-state index in [-0.39, 0.29) is 64.1 Å². The average molecular weight is 310 g/mol. The van der Waals surface area contributed by atoms with Gasteiger partial charge in [-0.15, -0.1) is 0 Å². The van der Waals surface area contributed by atoms with Gasteiger partial charge in [-0.3, -0.25) is 0 Å². The summed E-state index contributed by atoms with van der Waals surface area (Å²) in [5.41, 5.74) is 0. The second kappa shape index (κ2) is 9.58. The normalized spacial score (nSPS) is 4.00. The first-order valence-corrected chi connectivity index (χ1v) is 0.548. The van der Waals surface area contributed by atoms with Crippen LogP contribution >= 0.6 is 0 Å². The molecular weight excluding hydrogens is 310 g/mol. The van der Waals surface area contributed by atoms with Crippen molar-refractivity contribution in [2.24, 2.45) is 0 Å². The van der Waals surface area contributed by atoms with Gasteiger partial charge in [-0.05, 0) is 0 Å². The van der Waals surface area contributed by atoms with E-state index in [2.05, 4.69) is 0 Å². The fourth-order valence-electron chi connectivity index (χ4n) is 0. The van der Waals surface area contributed by atoms with Gasteiger partial charge in [0, 0.05) is 41.7 Å². The fraction of sp³-hybridized carbons (Fsp3) is 0. The molecule has 0 heterocycles. The summed E-state index contributed by atoms with van der Waals surface area (Å²) in [7, 11) is 0. The van der Waals surface area contributed by atoms with Gasteiger partial charge in [0.25, 0.3) is 0 Å². The molecule has 0 radical (unpaired) electrons. The fourth-order valence-corrected chi connectivity index (χ4v) is 0. The van der Waals surface area contributed by atoms with Crippen LogP contribution in [0.2, 0.25) is 0 Å². The standard InChI is InChI=1S/Ag.Ce.NO3/c;;2-1(3)4/q+1;;-1. The van der Waals surface area contributed by atoms with Crippen molar-refractivity contribution in [2.75, 3.05) is 0 Å². The first-order valence-electron chi connectivity index (χ1n) is 0.548. The Balaban J connectivity index is -0.0000000450. The van der Waals surface area contributed by atoms with Gasteiger partial charge >= 0.3 is 22.4 Å². The van der Waals surface area contributed by atoms with Gasteiger partial charge in [-0.25, -0.2) is 0 Å². The van der Waals surface area contributed by atoms with Crippen molar-refractivity contribution >= 4 is 0 Å². The van der Waals surface area contributed by atoms with Gasteiger partial charge in [0.2, 0.25) is 0 Å². The molecule has 0 aromatic carbocycles. The minimum absolute atomic E-state index is 0. The largest absolute Gasteiger partial charge is 1.00 e. The van der Waals surface area contributed by atoms with Crippen LogP contribution in [0.25, 0.3) is 0 Å². The van der Waals surface area contributed by atoms with E-state index >= 15 is 0 Å². The summed E-state index contributed by atoms with van der Waals surface area (Å²) in [6.07, 6.45) is 0. The van der Waals surface area contributed by atoms with Crippen molar-refractivity contribution in [2.45, 2.75) is 0 Å². The van der Waals surface area contributed by atoms with Crippen LogP contribution in [0, 0.1) is 57.1 Å². The Morgan fingerprint density at radius 3 is 1.33 bits per heavy atom. The van der Waals surface area contributed by atoms with Crippen molar-refractivity contribution < 1.29 is 69.2 Å². The SMILES string of the molecule is O=[N+]([O-])[O-].[Ag+].[Ce]. The smallest absolute Gasteiger partial charge is 0.356 e. The van der Waals surface area contributed by atoms with Crippen LogP contribution < -0.4 is 0 Å². The van der Waals surface area contributed by atoms with Crippen molar-refractivity contribution in [3.8, 4) is 0 Å². The summed E-state index contributed by atoms with van der Waals surface area (Å²) in [4.78, 5) is 8.25. The summed E-state index contributed by atoms with van der Waals surface area (Å²) in [5, 5.41) is 14.8. The molecule has 4 nitrogen and oxygen atoms in total. The maximum atomic E-state index is 8.25. The molecule has 0 aliphatic rings. The quantitative estimate of drug-likeness (QED) is 0.352. The Bertz CT molecular complexity index is 33.8. The molecule has 0 bridgehead atoms. The summed E-state index contributed by atoms with van der Waals surface area (Å²) in [5.74, 6) is 0. The predicted molar refractivity (Wildman–Crippen MR) is 10.4 cm³/mol. The maximum absolute atomic E-state index is 8.25. The summed E-state index contributed by atoms with van der Waals surface area (Å²) >= 11 is 0. The zero-order valence-corrected chi connectivity index (χ0v) is 7.10. The molecule has 0 fully saturated rings. The molecule has 0 aromatic heterocycles. The van der Waals surface area contributed by atoms with Crippen molar-refractivity contribution in [1.29, 1.82) is 0 Å². The summed E-state index contributed by atoms with van der Waals surface area (Å²) in [6.45, 7) is 0. The van der Waals surface area contributed by atoms with Crippen LogP contribution in [-0.2, 0) is 22.4 Å². The second-order valence-corrected chi connectivity index (χ2v) is 0.224. The van der Waals surface area contributed by atoms with Crippen molar-refractivity contribution in [3.05, 3.63) is 15.3 Å². The summed E-state index contributed by atoms with van der Waals surface area (Å²) < 4.78 is 0. The predicted octanol–water partition coefficient (Wildman–Crippen LogP) is -0.242. The van der Waals surface area contributed by atoms with E-state index in [1.165, 1.54) is 0 Å². The molecule has 0 atom stereocenters. The van der Waals surface area contributed by atoms with E-state index in [1.807, 2.05) is 0 Å². The van der Waals surface area contributed by atoms with Gasteiger partial charge in [-0.2, -0.15) is 0 Å². The minimum Gasteiger partial charge on any atom is -0.356 e. The third-order valence-electron chi connectivity index (χ3n) is 0. The van der Waals surface area contributed by atoms with E-state index in [9.17, 15) is 0 Å². The molecule has 0 N–H and O–H groups in total. The van der Waals surface area contributed by atoms with E-state index in [0.29, 0.717) is 0 Å². The van der Waals surface area contributed by atoms with E-state index in [1.54, 1.807) is 0 Å². The van der Waals surface area contributed by atoms with Gasteiger partial charge in [-0.1, -0.05) is 0 Å². The molecular formula is AgCeNO3. The average Bonchev–Trinajstić information content (AvgIpc) is 0.811. The Labute approximate surface area is 83.3 Å². The van der Waals surface area contributed by atoms with Crippen LogP contribution in [0.4, 0.5) is 0 Å².